The van der Waals surface area contributed by atoms with Crippen molar-refractivity contribution in [3.63, 3.8) is 0 Å². The van der Waals surface area contributed by atoms with E-state index in [1.165, 1.54) is 23.9 Å². The van der Waals surface area contributed by atoms with Crippen molar-refractivity contribution >= 4 is 35.3 Å². The van der Waals surface area contributed by atoms with Gasteiger partial charge in [0, 0.05) is 22.8 Å². The van der Waals surface area contributed by atoms with Crippen LogP contribution in [0.25, 0.3) is 11.4 Å². The second kappa shape index (κ2) is 11.7. The molecule has 4 aromatic rings. The van der Waals surface area contributed by atoms with E-state index in [0.29, 0.717) is 17.0 Å². The number of aromatic nitrogens is 3. The first-order chi connectivity index (χ1) is 17.8. The normalized spacial score (nSPS) is 12.1. The smallest absolute Gasteiger partial charge is 0.416 e. The molecule has 3 N–H and O–H groups in total. The van der Waals surface area contributed by atoms with E-state index in [1.54, 1.807) is 24.3 Å². The molecule has 0 saturated heterocycles. The van der Waals surface area contributed by atoms with Gasteiger partial charge in [0.15, 0.2) is 5.82 Å². The maximum absolute atomic E-state index is 12.9. The van der Waals surface area contributed by atoms with Crippen molar-refractivity contribution in [3.8, 4) is 11.4 Å². The van der Waals surface area contributed by atoms with Crippen LogP contribution in [0, 0.1) is 0 Å². The minimum absolute atomic E-state index is 0.0241. The number of alkyl halides is 3. The Hall–Kier alpha value is -4.12. The summed E-state index contributed by atoms with van der Waals surface area (Å²) < 4.78 is 38.7. The van der Waals surface area contributed by atoms with Gasteiger partial charge in [-0.1, -0.05) is 60.7 Å². The largest absolute Gasteiger partial charge is 0.480 e. The van der Waals surface area contributed by atoms with E-state index in [1.807, 2.05) is 36.4 Å². The number of hydrogen-bond donors (Lipinski definition) is 3. The molecule has 4 rings (SSSR count). The number of benzene rings is 3. The first kappa shape index (κ1) is 26.0. The Morgan fingerprint density at radius 1 is 0.865 bits per heavy atom. The van der Waals surface area contributed by atoms with Gasteiger partial charge >= 0.3 is 12.1 Å². The third-order valence-corrected chi connectivity index (χ3v) is 6.24. The van der Waals surface area contributed by atoms with Crippen molar-refractivity contribution < 1.29 is 23.1 Å². The van der Waals surface area contributed by atoms with Gasteiger partial charge in [0.05, 0.1) is 5.56 Å². The molecule has 37 heavy (non-hydrogen) atoms. The van der Waals surface area contributed by atoms with Crippen LogP contribution in [-0.4, -0.2) is 37.8 Å². The molecule has 0 aliphatic carbocycles. The lowest BCUT2D eigenvalue weighted by atomic mass is 10.2. The number of rotatable bonds is 10. The fourth-order valence-corrected chi connectivity index (χ4v) is 4.29. The second-order valence-electron chi connectivity index (χ2n) is 7.91. The minimum Gasteiger partial charge on any atom is -0.480 e. The Morgan fingerprint density at radius 2 is 1.49 bits per heavy atom. The summed E-state index contributed by atoms with van der Waals surface area (Å²) in [4.78, 5) is 25.0. The Kier molecular flexibility index (Phi) is 8.24. The van der Waals surface area contributed by atoms with Crippen molar-refractivity contribution in [2.75, 3.05) is 16.4 Å². The fraction of sp³-hybridized carbons (Fsp3) is 0.154. The lowest BCUT2D eigenvalue weighted by molar-refractivity contribution is -0.138. The van der Waals surface area contributed by atoms with Crippen LogP contribution in [0.3, 0.4) is 0 Å². The van der Waals surface area contributed by atoms with Gasteiger partial charge in [-0.3, -0.25) is 0 Å². The Balaban J connectivity index is 1.55. The monoisotopic (exact) mass is 525 g/mol. The summed E-state index contributed by atoms with van der Waals surface area (Å²) in [5.41, 5.74) is 1.29. The molecule has 0 bridgehead atoms. The molecule has 11 heteroatoms. The summed E-state index contributed by atoms with van der Waals surface area (Å²) in [5, 5.41) is 15.5. The molecule has 0 aliphatic rings. The number of halogens is 3. The van der Waals surface area contributed by atoms with Crippen molar-refractivity contribution in [1.82, 2.24) is 15.0 Å². The zero-order valence-electron chi connectivity index (χ0n) is 19.3. The molecule has 1 atom stereocenters. The zero-order chi connectivity index (χ0) is 26.3. The van der Waals surface area contributed by atoms with E-state index in [0.717, 1.165) is 17.7 Å². The first-order valence-corrected chi connectivity index (χ1v) is 12.3. The Bertz CT molecular complexity index is 1320. The predicted octanol–water partition coefficient (Wildman–Crippen LogP) is 6.10. The van der Waals surface area contributed by atoms with Gasteiger partial charge in [-0.15, -0.1) is 0 Å². The molecule has 7 nitrogen and oxygen atoms in total. The third-order valence-electron chi connectivity index (χ3n) is 5.13. The molecule has 190 valence electrons. The number of carboxylic acid groups (broad SMARTS) is 1. The van der Waals surface area contributed by atoms with Crippen LogP contribution in [0.1, 0.15) is 11.1 Å². The summed E-state index contributed by atoms with van der Waals surface area (Å²) in [5.74, 6) is 0.166. The predicted molar refractivity (Wildman–Crippen MR) is 138 cm³/mol. The van der Waals surface area contributed by atoms with Crippen molar-refractivity contribution in [3.05, 3.63) is 96.1 Å². The van der Waals surface area contributed by atoms with Crippen molar-refractivity contribution in [1.29, 1.82) is 0 Å². The molecule has 0 fully saturated rings. The van der Waals surface area contributed by atoms with Gasteiger partial charge in [-0.2, -0.15) is 39.9 Å². The van der Waals surface area contributed by atoms with Gasteiger partial charge in [-0.25, -0.2) is 4.79 Å². The number of nitrogens with one attached hydrogen (secondary N) is 2. The first-order valence-electron chi connectivity index (χ1n) is 11.1. The van der Waals surface area contributed by atoms with Crippen LogP contribution in [0.5, 0.6) is 0 Å². The van der Waals surface area contributed by atoms with E-state index >= 15 is 0 Å². The van der Waals surface area contributed by atoms with Crippen LogP contribution in [0.15, 0.2) is 84.9 Å². The number of hydrogen-bond acceptors (Lipinski definition) is 7. The molecule has 0 unspecified atom stereocenters. The number of nitrogens with zero attached hydrogens (tertiary/aromatic N) is 3. The zero-order valence-corrected chi connectivity index (χ0v) is 20.1. The second-order valence-corrected chi connectivity index (χ2v) is 8.94. The third kappa shape index (κ3) is 7.43. The Labute approximate surface area is 215 Å². The summed E-state index contributed by atoms with van der Waals surface area (Å²) in [7, 11) is 0. The Morgan fingerprint density at radius 3 is 2.11 bits per heavy atom. The standard InChI is InChI=1S/C26H22F3N5O2S/c27-26(28,29)19-11-13-20(14-12-19)30-24-32-22(18-9-5-2-6-10-18)33-25(34-24)31-21(23(35)36)16-37-15-17-7-3-1-4-8-17/h1-14,21H,15-16H2,(H,35,36)(H2,30,31,32,33,34)/t21-/m0/s1. The summed E-state index contributed by atoms with van der Waals surface area (Å²) >= 11 is 1.45. The molecule has 1 heterocycles. The maximum atomic E-state index is 12.9. The molecular formula is C26H22F3N5O2S. The van der Waals surface area contributed by atoms with Gasteiger partial charge in [-0.05, 0) is 29.8 Å². The van der Waals surface area contributed by atoms with E-state index in [2.05, 4.69) is 25.6 Å². The van der Waals surface area contributed by atoms with Gasteiger partial charge in [0.25, 0.3) is 0 Å². The van der Waals surface area contributed by atoms with Crippen LogP contribution >= 0.6 is 11.8 Å². The molecule has 0 amide bonds. The summed E-state index contributed by atoms with van der Waals surface area (Å²) in [6.07, 6.45) is -4.45. The lowest BCUT2D eigenvalue weighted by Crippen LogP contribution is -2.32. The quantitative estimate of drug-likeness (QED) is 0.228. The highest BCUT2D eigenvalue weighted by atomic mass is 32.2. The highest BCUT2D eigenvalue weighted by molar-refractivity contribution is 7.98. The van der Waals surface area contributed by atoms with Crippen molar-refractivity contribution in [2.24, 2.45) is 0 Å². The SMILES string of the molecule is O=C(O)[C@H](CSCc1ccccc1)Nc1nc(Nc2ccc(C(F)(F)F)cc2)nc(-c2ccccc2)n1. The van der Waals surface area contributed by atoms with E-state index in [-0.39, 0.29) is 23.5 Å². The maximum Gasteiger partial charge on any atom is 0.416 e. The van der Waals surface area contributed by atoms with Gasteiger partial charge in [0.1, 0.15) is 6.04 Å². The van der Waals surface area contributed by atoms with Crippen LogP contribution in [0.2, 0.25) is 0 Å². The fourth-order valence-electron chi connectivity index (χ4n) is 3.28. The molecule has 0 spiro atoms. The summed E-state index contributed by atoms with van der Waals surface area (Å²) in [6, 6.07) is 22.1. The van der Waals surface area contributed by atoms with E-state index < -0.39 is 23.8 Å². The molecule has 0 radical (unpaired) electrons. The number of aliphatic carboxylic acids is 1. The molecule has 0 saturated carbocycles. The van der Waals surface area contributed by atoms with Crippen LogP contribution < -0.4 is 10.6 Å². The average molecular weight is 526 g/mol. The molecule has 3 aromatic carbocycles. The number of carbonyl (C=O) groups is 1. The molecule has 0 aliphatic heterocycles. The minimum atomic E-state index is -4.45. The van der Waals surface area contributed by atoms with Gasteiger partial charge in [0.2, 0.25) is 11.9 Å². The van der Waals surface area contributed by atoms with E-state index in [4.69, 9.17) is 0 Å². The highest BCUT2D eigenvalue weighted by Crippen LogP contribution is 2.30. The number of thioether (sulfide) groups is 1. The number of anilines is 3. The number of carboxylic acids is 1. The lowest BCUT2D eigenvalue weighted by Gasteiger charge is -2.16. The summed E-state index contributed by atoms with van der Waals surface area (Å²) in [6.45, 7) is 0. The highest BCUT2D eigenvalue weighted by Gasteiger charge is 2.30. The molecular weight excluding hydrogens is 503 g/mol. The van der Waals surface area contributed by atoms with Crippen molar-refractivity contribution in [2.45, 2.75) is 18.0 Å². The van der Waals surface area contributed by atoms with Gasteiger partial charge < -0.3 is 15.7 Å². The average Bonchev–Trinajstić information content (AvgIpc) is 2.89. The van der Waals surface area contributed by atoms with E-state index in [9.17, 15) is 23.1 Å². The molecule has 1 aromatic heterocycles. The topological polar surface area (TPSA) is 100 Å². The van der Waals surface area contributed by atoms with Crippen LogP contribution in [0.4, 0.5) is 30.8 Å². The van der Waals surface area contributed by atoms with Crippen LogP contribution in [-0.2, 0) is 16.7 Å².